The molecule has 0 unspecified atom stereocenters. The molecule has 9 heteroatoms. The van der Waals surface area contributed by atoms with Crippen LogP contribution in [-0.2, 0) is 9.63 Å². The molecule has 3 rings (SSSR count). The third-order valence-electron chi connectivity index (χ3n) is 4.66. The molecule has 0 aromatic carbocycles. The van der Waals surface area contributed by atoms with Crippen LogP contribution in [0.1, 0.15) is 44.3 Å². The van der Waals surface area contributed by atoms with Gasteiger partial charge in [0.2, 0.25) is 0 Å². The average molecular weight is 382 g/mol. The number of carboxylic acids is 1. The highest BCUT2D eigenvalue weighted by atomic mass is 32.1. The molecule has 0 amide bonds. The number of carbonyl (C=O) groups is 1. The van der Waals surface area contributed by atoms with E-state index in [1.54, 1.807) is 0 Å². The number of aliphatic carboxylic acids is 1. The van der Waals surface area contributed by atoms with E-state index in [-0.39, 0.29) is 17.1 Å². The van der Waals surface area contributed by atoms with E-state index < -0.39 is 11.7 Å². The summed E-state index contributed by atoms with van der Waals surface area (Å²) in [5.41, 5.74) is 4.96. The van der Waals surface area contributed by atoms with Gasteiger partial charge in [0.1, 0.15) is 6.10 Å². The summed E-state index contributed by atoms with van der Waals surface area (Å²) >= 11 is 0.897. The number of aromatic nitrogens is 2. The first-order valence-corrected chi connectivity index (χ1v) is 9.70. The molecule has 8 nitrogen and oxygen atoms in total. The van der Waals surface area contributed by atoms with Gasteiger partial charge in [0.25, 0.3) is 0 Å². The van der Waals surface area contributed by atoms with E-state index >= 15 is 0 Å². The zero-order chi connectivity index (χ0) is 19.0. The predicted molar refractivity (Wildman–Crippen MR) is 99.4 cm³/mol. The molecule has 2 fully saturated rings. The maximum atomic E-state index is 10.9. The Balaban J connectivity index is 0.000000228. The first-order chi connectivity index (χ1) is 12.4. The van der Waals surface area contributed by atoms with Crippen molar-refractivity contribution >= 4 is 28.3 Å². The minimum atomic E-state index is -1.47. The van der Waals surface area contributed by atoms with Crippen molar-refractivity contribution in [3.05, 3.63) is 18.5 Å². The summed E-state index contributed by atoms with van der Waals surface area (Å²) in [7, 11) is 2.31. The summed E-state index contributed by atoms with van der Waals surface area (Å²) in [5, 5.41) is 14.6. The van der Waals surface area contributed by atoms with Crippen LogP contribution in [0.3, 0.4) is 0 Å². The van der Waals surface area contributed by atoms with Crippen molar-refractivity contribution in [1.82, 2.24) is 9.36 Å². The lowest BCUT2D eigenvalue weighted by Crippen LogP contribution is -2.40. The van der Waals surface area contributed by atoms with Gasteiger partial charge in [0, 0.05) is 24.4 Å². The topological polar surface area (TPSA) is 114 Å². The molecular formula is C17H27N5O3S. The lowest BCUT2D eigenvalue weighted by molar-refractivity contribution is -0.891. The van der Waals surface area contributed by atoms with Crippen LogP contribution in [0, 0.1) is 0 Å². The molecule has 1 saturated heterocycles. The molecule has 0 spiro atoms. The predicted octanol–water partition coefficient (Wildman–Crippen LogP) is 0.946. The summed E-state index contributed by atoms with van der Waals surface area (Å²) in [6.45, 7) is 7.61. The van der Waals surface area contributed by atoms with Crippen molar-refractivity contribution in [2.24, 2.45) is 5.16 Å². The number of carbonyl (C=O) groups excluding carboxylic acids is 1. The van der Waals surface area contributed by atoms with Crippen LogP contribution in [0.5, 0.6) is 0 Å². The molecule has 0 atom stereocenters. The van der Waals surface area contributed by atoms with Gasteiger partial charge >= 0.3 is 0 Å². The maximum absolute atomic E-state index is 10.9. The van der Waals surface area contributed by atoms with Crippen LogP contribution in [0.4, 0.5) is 5.13 Å². The molecule has 1 aliphatic carbocycles. The fourth-order valence-corrected chi connectivity index (χ4v) is 3.65. The normalized spacial score (nSPS) is 19.7. The minimum Gasteiger partial charge on any atom is -0.543 e. The summed E-state index contributed by atoms with van der Waals surface area (Å²) in [5.74, 6) is -1.54. The fourth-order valence-electron chi connectivity index (χ4n) is 3.21. The molecular weight excluding hydrogens is 354 g/mol. The van der Waals surface area contributed by atoms with Crippen molar-refractivity contribution in [3.8, 4) is 0 Å². The molecule has 1 aromatic heterocycles. The van der Waals surface area contributed by atoms with Gasteiger partial charge in [-0.05, 0) is 31.8 Å². The Labute approximate surface area is 158 Å². The van der Waals surface area contributed by atoms with Gasteiger partial charge in [0.05, 0.1) is 32.7 Å². The Bertz CT molecular complexity index is 634. The van der Waals surface area contributed by atoms with Gasteiger partial charge < -0.3 is 25.0 Å². The van der Waals surface area contributed by atoms with E-state index in [9.17, 15) is 9.90 Å². The highest BCUT2D eigenvalue weighted by Crippen LogP contribution is 2.21. The van der Waals surface area contributed by atoms with E-state index in [2.05, 4.69) is 28.1 Å². The van der Waals surface area contributed by atoms with Crippen molar-refractivity contribution in [3.63, 3.8) is 0 Å². The third-order valence-corrected chi connectivity index (χ3v) is 5.20. The molecule has 26 heavy (non-hydrogen) atoms. The summed E-state index contributed by atoms with van der Waals surface area (Å²) < 4.78 is 4.98. The second-order valence-corrected chi connectivity index (χ2v) is 7.72. The first kappa shape index (κ1) is 20.3. The number of nitrogen functional groups attached to an aromatic ring is 1. The quantitative estimate of drug-likeness (QED) is 0.340. The van der Waals surface area contributed by atoms with Crippen LogP contribution < -0.4 is 10.8 Å². The lowest BCUT2D eigenvalue weighted by Gasteiger charge is -2.27. The second-order valence-electron chi connectivity index (χ2n) is 6.94. The van der Waals surface area contributed by atoms with Gasteiger partial charge in [-0.15, -0.1) is 0 Å². The Morgan fingerprint density at radius 2 is 2.08 bits per heavy atom. The number of nitrogens with zero attached hydrogens (tertiary/aromatic N) is 4. The van der Waals surface area contributed by atoms with Crippen molar-refractivity contribution < 1.29 is 19.2 Å². The monoisotopic (exact) mass is 381 g/mol. The van der Waals surface area contributed by atoms with E-state index in [0.717, 1.165) is 43.8 Å². The van der Waals surface area contributed by atoms with Crippen LogP contribution in [-0.4, -0.2) is 58.3 Å². The van der Waals surface area contributed by atoms with Gasteiger partial charge in [-0.3, -0.25) is 0 Å². The standard InChI is InChI=1S/C9H12N4O3S.C8H16N/c10-9-11-7(13-17-9)6(8(14)15)12-16-5-3-1-2-4-5;1-3-6-9(2)7-4-5-8-9/h5H,1-4H2,(H,14,15)(H2,10,11,13);3H,1,4-8H2,2H3/q;+1/p-1/b12-6+;. The summed E-state index contributed by atoms with van der Waals surface area (Å²) in [6.07, 6.45) is 8.73. The largest absolute Gasteiger partial charge is 0.543 e. The highest BCUT2D eigenvalue weighted by Gasteiger charge is 2.24. The molecule has 2 aliphatic rings. The molecule has 1 saturated carbocycles. The second kappa shape index (κ2) is 9.63. The summed E-state index contributed by atoms with van der Waals surface area (Å²) in [6, 6.07) is 0. The summed E-state index contributed by atoms with van der Waals surface area (Å²) in [4.78, 5) is 19.7. The molecule has 2 N–H and O–H groups in total. The Morgan fingerprint density at radius 1 is 1.42 bits per heavy atom. The number of rotatable bonds is 6. The number of likely N-dealkylation sites (N-methyl/N-ethyl adjacent to an activating group) is 1. The Morgan fingerprint density at radius 3 is 2.58 bits per heavy atom. The van der Waals surface area contributed by atoms with E-state index in [4.69, 9.17) is 10.6 Å². The number of anilines is 1. The van der Waals surface area contributed by atoms with Gasteiger partial charge in [-0.2, -0.15) is 9.36 Å². The molecule has 2 heterocycles. The SMILES string of the molecule is C=CC[N+]1(C)CCCC1.Nc1nc(/C(=N\OC2CCCC2)C(=O)[O-])ns1. The highest BCUT2D eigenvalue weighted by molar-refractivity contribution is 7.09. The van der Waals surface area contributed by atoms with E-state index in [0.29, 0.717) is 0 Å². The van der Waals surface area contributed by atoms with Crippen molar-refractivity contribution in [2.75, 3.05) is 32.4 Å². The number of oxime groups is 1. The zero-order valence-corrected chi connectivity index (χ0v) is 16.0. The van der Waals surface area contributed by atoms with E-state index in [1.807, 2.05) is 6.08 Å². The Hall–Kier alpha value is -2.00. The number of carboxylic acid groups (broad SMARTS) is 1. The van der Waals surface area contributed by atoms with Crippen LogP contribution in [0.2, 0.25) is 0 Å². The van der Waals surface area contributed by atoms with Gasteiger partial charge in [-0.25, -0.2) is 0 Å². The smallest absolute Gasteiger partial charge is 0.200 e. The molecule has 144 valence electrons. The van der Waals surface area contributed by atoms with Gasteiger partial charge in [-0.1, -0.05) is 11.7 Å². The Kier molecular flexibility index (Phi) is 7.52. The van der Waals surface area contributed by atoms with E-state index in [1.165, 1.54) is 30.4 Å². The molecule has 1 aliphatic heterocycles. The number of nitrogens with two attached hydrogens (primary N) is 1. The van der Waals surface area contributed by atoms with Crippen LogP contribution >= 0.6 is 11.5 Å². The van der Waals surface area contributed by atoms with Crippen molar-refractivity contribution in [2.45, 2.75) is 44.6 Å². The maximum Gasteiger partial charge on any atom is 0.200 e. The van der Waals surface area contributed by atoms with Crippen LogP contribution in [0.25, 0.3) is 0 Å². The minimum absolute atomic E-state index is 0.0275. The third kappa shape index (κ3) is 6.06. The first-order valence-electron chi connectivity index (χ1n) is 8.93. The molecule has 0 bridgehead atoms. The molecule has 1 aromatic rings. The van der Waals surface area contributed by atoms with Gasteiger partial charge in [0.15, 0.2) is 16.7 Å². The fraction of sp³-hybridized carbons (Fsp3) is 0.647. The van der Waals surface area contributed by atoms with Crippen molar-refractivity contribution in [1.29, 1.82) is 0 Å². The number of hydrogen-bond acceptors (Lipinski definition) is 8. The molecule has 0 radical (unpaired) electrons. The average Bonchev–Trinajstić information content (AvgIpc) is 3.32. The number of quaternary nitrogens is 1. The zero-order valence-electron chi connectivity index (χ0n) is 15.2. The number of hydrogen-bond donors (Lipinski definition) is 1. The lowest BCUT2D eigenvalue weighted by atomic mass is 10.3. The number of likely N-dealkylation sites (tertiary alicyclic amines) is 1. The van der Waals surface area contributed by atoms with Crippen LogP contribution in [0.15, 0.2) is 17.8 Å².